The summed E-state index contributed by atoms with van der Waals surface area (Å²) >= 11 is 1.44. The number of fused-ring (bicyclic) bond motifs is 1. The fourth-order valence-corrected chi connectivity index (χ4v) is 3.96. The van der Waals surface area contributed by atoms with Crippen LogP contribution in [0.4, 0.5) is 0 Å². The Hall–Kier alpha value is -1.73. The van der Waals surface area contributed by atoms with Gasteiger partial charge >= 0.3 is 0 Å². The molecule has 1 atom stereocenters. The molecule has 0 aromatic carbocycles. The van der Waals surface area contributed by atoms with Gasteiger partial charge in [0.05, 0.1) is 17.2 Å². The summed E-state index contributed by atoms with van der Waals surface area (Å²) < 4.78 is 2.14. The molecule has 1 aliphatic heterocycles. The summed E-state index contributed by atoms with van der Waals surface area (Å²) in [7, 11) is 0. The van der Waals surface area contributed by atoms with Crippen LogP contribution in [0.5, 0.6) is 0 Å². The smallest absolute Gasteiger partial charge is 0.270 e. The first-order valence-electron chi connectivity index (χ1n) is 8.24. The Balaban J connectivity index is 1.37. The van der Waals surface area contributed by atoms with Gasteiger partial charge in [0.2, 0.25) is 0 Å². The average Bonchev–Trinajstić information content (AvgIpc) is 3.16. The number of amides is 1. The highest BCUT2D eigenvalue weighted by atomic mass is 32.1. The molecule has 2 aliphatic rings. The van der Waals surface area contributed by atoms with Crippen LogP contribution in [0.15, 0.2) is 23.2 Å². The quantitative estimate of drug-likeness (QED) is 0.911. The van der Waals surface area contributed by atoms with Crippen LogP contribution in [0, 0.1) is 0 Å². The van der Waals surface area contributed by atoms with Crippen LogP contribution in [-0.4, -0.2) is 44.7 Å². The second-order valence-corrected chi connectivity index (χ2v) is 7.07. The lowest BCUT2D eigenvalue weighted by molar-refractivity contribution is 0.0723. The van der Waals surface area contributed by atoms with E-state index in [2.05, 4.69) is 31.0 Å². The van der Waals surface area contributed by atoms with E-state index in [-0.39, 0.29) is 5.91 Å². The van der Waals surface area contributed by atoms with E-state index in [1.165, 1.54) is 36.3 Å². The molecule has 3 heterocycles. The Kier molecular flexibility index (Phi) is 4.13. The topological polar surface area (TPSA) is 63.1 Å². The van der Waals surface area contributed by atoms with Crippen molar-refractivity contribution in [2.75, 3.05) is 13.1 Å². The lowest BCUT2D eigenvalue weighted by atomic mass is 9.90. The van der Waals surface area contributed by atoms with Gasteiger partial charge in [0.1, 0.15) is 5.69 Å². The molecule has 4 rings (SSSR count). The summed E-state index contributed by atoms with van der Waals surface area (Å²) in [6.07, 6.45) is 6.78. The Labute approximate surface area is 139 Å². The maximum absolute atomic E-state index is 12.0. The van der Waals surface area contributed by atoms with Gasteiger partial charge in [0.15, 0.2) is 0 Å². The fraction of sp³-hybridized carbons (Fsp3) is 0.562. The van der Waals surface area contributed by atoms with Gasteiger partial charge in [-0.05, 0) is 25.3 Å². The predicted octanol–water partition coefficient (Wildman–Crippen LogP) is 2.07. The zero-order valence-electron chi connectivity index (χ0n) is 13.0. The van der Waals surface area contributed by atoms with Crippen molar-refractivity contribution in [2.24, 2.45) is 0 Å². The third-order valence-corrected chi connectivity index (χ3v) is 5.51. The lowest BCUT2D eigenvalue weighted by Gasteiger charge is -2.42. The summed E-state index contributed by atoms with van der Waals surface area (Å²) in [5.41, 5.74) is 3.48. The van der Waals surface area contributed by atoms with Gasteiger partial charge in [-0.3, -0.25) is 14.4 Å². The van der Waals surface area contributed by atoms with Crippen LogP contribution >= 0.6 is 11.3 Å². The van der Waals surface area contributed by atoms with E-state index in [4.69, 9.17) is 0 Å². The molecule has 122 valence electrons. The Morgan fingerprint density at radius 2 is 2.35 bits per heavy atom. The third kappa shape index (κ3) is 3.03. The van der Waals surface area contributed by atoms with E-state index in [0.29, 0.717) is 18.3 Å². The number of aromatic nitrogens is 3. The average molecular weight is 331 g/mol. The van der Waals surface area contributed by atoms with E-state index in [1.807, 2.05) is 6.20 Å². The molecular weight excluding hydrogens is 310 g/mol. The first-order valence-corrected chi connectivity index (χ1v) is 9.18. The van der Waals surface area contributed by atoms with E-state index in [9.17, 15) is 4.79 Å². The predicted molar refractivity (Wildman–Crippen MR) is 88.4 cm³/mol. The van der Waals surface area contributed by atoms with Crippen LogP contribution in [0.25, 0.3) is 0 Å². The molecule has 23 heavy (non-hydrogen) atoms. The van der Waals surface area contributed by atoms with Gasteiger partial charge in [-0.25, -0.2) is 4.98 Å². The van der Waals surface area contributed by atoms with Gasteiger partial charge in [-0.1, -0.05) is 6.42 Å². The minimum Gasteiger partial charge on any atom is -0.351 e. The minimum atomic E-state index is -0.0846. The van der Waals surface area contributed by atoms with Gasteiger partial charge in [-0.15, -0.1) is 11.3 Å². The lowest BCUT2D eigenvalue weighted by Crippen LogP contribution is -2.47. The number of hydrogen-bond donors (Lipinski definition) is 1. The number of nitrogens with one attached hydrogen (secondary N) is 1. The van der Waals surface area contributed by atoms with Crippen LogP contribution in [-0.2, 0) is 6.54 Å². The van der Waals surface area contributed by atoms with Crippen LogP contribution < -0.4 is 5.32 Å². The largest absolute Gasteiger partial charge is 0.351 e. The number of nitrogens with zero attached hydrogens (tertiary/aromatic N) is 4. The number of carbonyl (C=O) groups excluding carboxylic acids is 1. The Morgan fingerprint density at radius 3 is 3.09 bits per heavy atom. The second-order valence-electron chi connectivity index (χ2n) is 6.35. The Bertz CT molecular complexity index is 664. The van der Waals surface area contributed by atoms with E-state index in [1.54, 1.807) is 10.9 Å². The zero-order valence-corrected chi connectivity index (χ0v) is 13.8. The zero-order chi connectivity index (χ0) is 15.6. The highest BCUT2D eigenvalue weighted by molar-refractivity contribution is 7.07. The number of rotatable bonds is 5. The van der Waals surface area contributed by atoms with Crippen molar-refractivity contribution in [3.8, 4) is 0 Å². The molecule has 0 spiro atoms. The van der Waals surface area contributed by atoms with E-state index in [0.717, 1.165) is 25.6 Å². The molecule has 7 heteroatoms. The number of thiazole rings is 1. The maximum Gasteiger partial charge on any atom is 0.270 e. The summed E-state index contributed by atoms with van der Waals surface area (Å²) in [5.74, 6) is -0.0846. The molecule has 1 unspecified atom stereocenters. The van der Waals surface area contributed by atoms with Crippen molar-refractivity contribution in [1.29, 1.82) is 0 Å². The molecule has 0 bridgehead atoms. The molecule has 2 aromatic heterocycles. The maximum atomic E-state index is 12.0. The fourth-order valence-electron chi connectivity index (χ4n) is 3.43. The molecule has 6 nitrogen and oxygen atoms in total. The van der Waals surface area contributed by atoms with Gasteiger partial charge in [-0.2, -0.15) is 5.10 Å². The highest BCUT2D eigenvalue weighted by Gasteiger charge is 2.32. The second kappa shape index (κ2) is 6.41. The van der Waals surface area contributed by atoms with E-state index >= 15 is 0 Å². The van der Waals surface area contributed by atoms with E-state index < -0.39 is 0 Å². The number of hydrogen-bond acceptors (Lipinski definition) is 5. The minimum absolute atomic E-state index is 0.0846. The standard InChI is InChI=1S/C16H21N5OS/c22-16(15-10-23-11-18-15)17-6-4-13-8-20(12-2-1-3-12)9-14-5-7-19-21(13)14/h5,7,10-13H,1-4,6,8-9H2,(H,17,22). The Morgan fingerprint density at radius 1 is 1.43 bits per heavy atom. The van der Waals surface area contributed by atoms with Gasteiger partial charge in [0, 0.05) is 37.3 Å². The van der Waals surface area contributed by atoms with Crippen LogP contribution in [0.3, 0.4) is 0 Å². The first-order chi connectivity index (χ1) is 11.3. The molecule has 1 saturated carbocycles. The summed E-state index contributed by atoms with van der Waals surface area (Å²) in [6, 6.07) is 3.20. The molecule has 1 fully saturated rings. The van der Waals surface area contributed by atoms with Crippen LogP contribution in [0.1, 0.15) is 47.9 Å². The van der Waals surface area contributed by atoms with Gasteiger partial charge in [0.25, 0.3) is 5.91 Å². The van der Waals surface area contributed by atoms with Crippen molar-refractivity contribution in [1.82, 2.24) is 25.0 Å². The highest BCUT2D eigenvalue weighted by Crippen LogP contribution is 2.31. The van der Waals surface area contributed by atoms with Gasteiger partial charge < -0.3 is 5.32 Å². The number of carbonyl (C=O) groups is 1. The monoisotopic (exact) mass is 331 g/mol. The first kappa shape index (κ1) is 14.8. The molecule has 1 N–H and O–H groups in total. The van der Waals surface area contributed by atoms with Crippen molar-refractivity contribution in [3.63, 3.8) is 0 Å². The third-order valence-electron chi connectivity index (χ3n) is 4.93. The SMILES string of the molecule is O=C(NCCC1CN(C2CCC2)Cc2ccnn21)c1cscn1. The summed E-state index contributed by atoms with van der Waals surface area (Å²) in [5, 5.41) is 9.24. The van der Waals surface area contributed by atoms with Crippen molar-refractivity contribution < 1.29 is 4.79 Å². The summed E-state index contributed by atoms with van der Waals surface area (Å²) in [4.78, 5) is 18.6. The molecule has 1 aliphatic carbocycles. The molecule has 0 radical (unpaired) electrons. The molecule has 1 amide bonds. The van der Waals surface area contributed by atoms with Crippen LogP contribution in [0.2, 0.25) is 0 Å². The summed E-state index contributed by atoms with van der Waals surface area (Å²) in [6.45, 7) is 2.69. The van der Waals surface area contributed by atoms with Crippen molar-refractivity contribution in [2.45, 2.75) is 44.3 Å². The molecule has 2 aromatic rings. The van der Waals surface area contributed by atoms with Crippen molar-refractivity contribution >= 4 is 17.2 Å². The van der Waals surface area contributed by atoms with Crippen molar-refractivity contribution in [3.05, 3.63) is 34.5 Å². The molecule has 0 saturated heterocycles. The molecular formula is C16H21N5OS. The normalized spacial score (nSPS) is 21.7.